The minimum atomic E-state index is -1.81. The highest BCUT2D eigenvalue weighted by Crippen LogP contribution is 2.28. The van der Waals surface area contributed by atoms with Gasteiger partial charge in [-0.05, 0) is 19.1 Å². The van der Waals surface area contributed by atoms with Crippen molar-refractivity contribution in [1.82, 2.24) is 0 Å². The first kappa shape index (κ1) is 11.2. The van der Waals surface area contributed by atoms with E-state index in [1.807, 2.05) is 22.6 Å². The van der Waals surface area contributed by atoms with E-state index in [0.717, 1.165) is 0 Å². The number of alkyl halides is 1. The topological polar surface area (TPSA) is 40.5 Å². The fourth-order valence-corrected chi connectivity index (χ4v) is 1.50. The molecule has 1 aromatic carbocycles. The summed E-state index contributed by atoms with van der Waals surface area (Å²) in [7, 11) is 0. The summed E-state index contributed by atoms with van der Waals surface area (Å²) in [6.07, 6.45) is 0. The molecule has 0 aliphatic rings. The van der Waals surface area contributed by atoms with Crippen molar-refractivity contribution in [2.24, 2.45) is 0 Å². The van der Waals surface area contributed by atoms with Crippen LogP contribution in [0.3, 0.4) is 0 Å². The first-order valence-electron chi connectivity index (χ1n) is 3.79. The summed E-state index contributed by atoms with van der Waals surface area (Å²) in [5, 5.41) is 19.9. The quantitative estimate of drug-likeness (QED) is 0.500. The van der Waals surface area contributed by atoms with Crippen molar-refractivity contribution in [1.29, 1.82) is 0 Å². The largest absolute Gasteiger partial charge is 0.361 e. The van der Waals surface area contributed by atoms with Crippen LogP contribution in [0.5, 0.6) is 0 Å². The Bertz CT molecular complexity index is 299. The molecule has 1 unspecified atom stereocenters. The second-order valence-corrected chi connectivity index (χ2v) is 5.16. The Morgan fingerprint density at radius 3 is 2.54 bits per heavy atom. The molecule has 0 fully saturated rings. The summed E-state index contributed by atoms with van der Waals surface area (Å²) >= 11 is 7.69. The highest BCUT2D eigenvalue weighted by atomic mass is 127. The van der Waals surface area contributed by atoms with Gasteiger partial charge >= 0.3 is 0 Å². The zero-order valence-electron chi connectivity index (χ0n) is 7.04. The van der Waals surface area contributed by atoms with Crippen LogP contribution in [0.15, 0.2) is 24.3 Å². The van der Waals surface area contributed by atoms with Gasteiger partial charge in [0, 0.05) is 10.6 Å². The Morgan fingerprint density at radius 2 is 2.08 bits per heavy atom. The van der Waals surface area contributed by atoms with Crippen molar-refractivity contribution in [3.05, 3.63) is 34.9 Å². The zero-order valence-corrected chi connectivity index (χ0v) is 9.95. The third-order valence-corrected chi connectivity index (χ3v) is 2.91. The Balaban J connectivity index is 3.07. The molecule has 0 aromatic heterocycles. The van der Waals surface area contributed by atoms with Crippen molar-refractivity contribution < 1.29 is 10.2 Å². The average Bonchev–Trinajstić information content (AvgIpc) is 2.04. The summed E-state index contributed by atoms with van der Waals surface area (Å²) < 4.78 is -0.302. The first-order chi connectivity index (χ1) is 5.94. The Hall–Kier alpha value is 0.160. The molecule has 0 spiro atoms. The van der Waals surface area contributed by atoms with Crippen LogP contribution < -0.4 is 0 Å². The molecule has 0 aliphatic carbocycles. The van der Waals surface area contributed by atoms with Crippen molar-refractivity contribution >= 4 is 34.2 Å². The summed E-state index contributed by atoms with van der Waals surface area (Å²) in [4.78, 5) is 0. The molecule has 2 N–H and O–H groups in total. The third-order valence-electron chi connectivity index (χ3n) is 1.80. The van der Waals surface area contributed by atoms with Crippen LogP contribution in [-0.4, -0.2) is 14.1 Å². The van der Waals surface area contributed by atoms with E-state index in [2.05, 4.69) is 0 Å². The lowest BCUT2D eigenvalue weighted by atomic mass is 10.0. The summed E-state index contributed by atoms with van der Waals surface area (Å²) in [6.45, 7) is 1.72. The van der Waals surface area contributed by atoms with Gasteiger partial charge in [-0.15, -0.1) is 0 Å². The van der Waals surface area contributed by atoms with Gasteiger partial charge < -0.3 is 10.2 Å². The average molecular weight is 313 g/mol. The molecule has 0 heterocycles. The molecule has 0 saturated heterocycles. The molecule has 13 heavy (non-hydrogen) atoms. The molecule has 1 aromatic rings. The Kier molecular flexibility index (Phi) is 3.57. The SMILES string of the molecule is CC(I)C(O)(O)c1cccc(Cl)c1. The van der Waals surface area contributed by atoms with Gasteiger partial charge in [0.05, 0.1) is 3.92 Å². The molecule has 1 rings (SSSR count). The number of hydrogen-bond donors (Lipinski definition) is 2. The maximum atomic E-state index is 9.68. The normalized spacial score (nSPS) is 14.2. The highest BCUT2D eigenvalue weighted by molar-refractivity contribution is 14.1. The monoisotopic (exact) mass is 312 g/mol. The summed E-state index contributed by atoms with van der Waals surface area (Å²) in [5.74, 6) is -1.81. The molecule has 1 atom stereocenters. The van der Waals surface area contributed by atoms with Gasteiger partial charge in [-0.1, -0.05) is 46.3 Å². The second-order valence-electron chi connectivity index (χ2n) is 2.85. The van der Waals surface area contributed by atoms with Crippen LogP contribution in [-0.2, 0) is 5.79 Å². The van der Waals surface area contributed by atoms with Gasteiger partial charge in [0.2, 0.25) is 5.79 Å². The minimum Gasteiger partial charge on any atom is -0.361 e. The molecule has 0 bridgehead atoms. The molecule has 2 nitrogen and oxygen atoms in total. The predicted molar refractivity (Wildman–Crippen MR) is 61.0 cm³/mol. The van der Waals surface area contributed by atoms with Gasteiger partial charge in [-0.2, -0.15) is 0 Å². The van der Waals surface area contributed by atoms with Crippen molar-refractivity contribution in [3.63, 3.8) is 0 Å². The van der Waals surface area contributed by atoms with Crippen LogP contribution in [0.4, 0.5) is 0 Å². The summed E-state index contributed by atoms with van der Waals surface area (Å²) in [6, 6.07) is 6.58. The molecule has 0 aliphatic heterocycles. The lowest BCUT2D eigenvalue weighted by Gasteiger charge is -2.25. The molecular formula is C9H10ClIO2. The zero-order chi connectivity index (χ0) is 10.1. The maximum absolute atomic E-state index is 9.68. The second kappa shape index (κ2) is 4.13. The lowest BCUT2D eigenvalue weighted by Crippen LogP contribution is -2.33. The van der Waals surface area contributed by atoms with Gasteiger partial charge in [0.1, 0.15) is 0 Å². The van der Waals surface area contributed by atoms with Crippen LogP contribution in [0, 0.1) is 0 Å². The fraction of sp³-hybridized carbons (Fsp3) is 0.333. The third kappa shape index (κ3) is 2.56. The van der Waals surface area contributed by atoms with Crippen molar-refractivity contribution in [2.45, 2.75) is 16.6 Å². The first-order valence-corrected chi connectivity index (χ1v) is 5.42. The molecule has 0 saturated carbocycles. The van der Waals surface area contributed by atoms with Gasteiger partial charge in [-0.3, -0.25) is 0 Å². The van der Waals surface area contributed by atoms with Gasteiger partial charge in [0.15, 0.2) is 0 Å². The van der Waals surface area contributed by atoms with E-state index in [-0.39, 0.29) is 3.92 Å². The fourth-order valence-electron chi connectivity index (χ4n) is 0.947. The van der Waals surface area contributed by atoms with E-state index < -0.39 is 5.79 Å². The van der Waals surface area contributed by atoms with Crippen LogP contribution in [0.25, 0.3) is 0 Å². The van der Waals surface area contributed by atoms with Gasteiger partial charge in [-0.25, -0.2) is 0 Å². The Morgan fingerprint density at radius 1 is 1.46 bits per heavy atom. The van der Waals surface area contributed by atoms with E-state index in [4.69, 9.17) is 11.6 Å². The maximum Gasteiger partial charge on any atom is 0.201 e. The van der Waals surface area contributed by atoms with Crippen LogP contribution in [0.2, 0.25) is 5.02 Å². The van der Waals surface area contributed by atoms with Crippen LogP contribution >= 0.6 is 34.2 Å². The number of benzene rings is 1. The lowest BCUT2D eigenvalue weighted by molar-refractivity contribution is -0.162. The number of rotatable bonds is 2. The predicted octanol–water partition coefficient (Wildman–Crippen LogP) is 2.30. The molecule has 4 heteroatoms. The standard InChI is InChI=1S/C9H10ClIO2/c1-6(11)9(12,13)7-3-2-4-8(10)5-7/h2-6,12-13H,1H3. The number of halogens is 2. The summed E-state index contributed by atoms with van der Waals surface area (Å²) in [5.41, 5.74) is 0.418. The van der Waals surface area contributed by atoms with Crippen LogP contribution in [0.1, 0.15) is 12.5 Å². The molecule has 0 amide bonds. The van der Waals surface area contributed by atoms with E-state index in [0.29, 0.717) is 10.6 Å². The minimum absolute atomic E-state index is 0.302. The number of aliphatic hydroxyl groups is 2. The van der Waals surface area contributed by atoms with Gasteiger partial charge in [0.25, 0.3) is 0 Å². The number of hydrogen-bond acceptors (Lipinski definition) is 2. The van der Waals surface area contributed by atoms with E-state index in [1.54, 1.807) is 31.2 Å². The Labute approximate surface area is 95.7 Å². The van der Waals surface area contributed by atoms with E-state index in [9.17, 15) is 10.2 Å². The highest BCUT2D eigenvalue weighted by Gasteiger charge is 2.31. The molecule has 72 valence electrons. The van der Waals surface area contributed by atoms with Crippen molar-refractivity contribution in [2.75, 3.05) is 0 Å². The smallest absolute Gasteiger partial charge is 0.201 e. The van der Waals surface area contributed by atoms with Crippen molar-refractivity contribution in [3.8, 4) is 0 Å². The molecule has 0 radical (unpaired) electrons. The van der Waals surface area contributed by atoms with E-state index >= 15 is 0 Å². The molecular weight excluding hydrogens is 302 g/mol. The van der Waals surface area contributed by atoms with E-state index in [1.165, 1.54) is 0 Å².